The summed E-state index contributed by atoms with van der Waals surface area (Å²) in [6.07, 6.45) is 3.20. The van der Waals surface area contributed by atoms with E-state index in [1.54, 1.807) is 4.90 Å². The molecule has 0 spiro atoms. The Morgan fingerprint density at radius 1 is 1.09 bits per heavy atom. The average Bonchev–Trinajstić information content (AvgIpc) is 3.11. The minimum absolute atomic E-state index is 0.0718. The molecule has 1 fully saturated rings. The number of fused-ring (bicyclic) bond motifs is 1. The highest BCUT2D eigenvalue weighted by atomic mass is 16.5. The van der Waals surface area contributed by atoms with E-state index < -0.39 is 5.97 Å². The van der Waals surface area contributed by atoms with Crippen LogP contribution in [0.25, 0.3) is 0 Å². The van der Waals surface area contributed by atoms with Crippen molar-refractivity contribution in [1.82, 2.24) is 9.47 Å². The molecule has 9 heteroatoms. The number of pyridine rings is 1. The van der Waals surface area contributed by atoms with Crippen molar-refractivity contribution in [3.05, 3.63) is 57.5 Å². The van der Waals surface area contributed by atoms with Crippen molar-refractivity contribution >= 4 is 11.9 Å². The number of rotatable bonds is 7. The topological polar surface area (TPSA) is 96.3 Å². The average molecular weight is 485 g/mol. The van der Waals surface area contributed by atoms with Gasteiger partial charge in [-0.3, -0.25) is 9.59 Å². The number of esters is 1. The molecular weight excluding hydrogens is 452 g/mol. The number of nitrogens with zero attached hydrogens (tertiary/aromatic N) is 2. The van der Waals surface area contributed by atoms with Crippen LogP contribution in [0.3, 0.4) is 0 Å². The molecule has 0 aliphatic carbocycles. The molecular formula is C26H32N2O7. The summed E-state index contributed by atoms with van der Waals surface area (Å²) in [6.45, 7) is 3.76. The van der Waals surface area contributed by atoms with Gasteiger partial charge in [0.05, 0.1) is 13.2 Å². The third-order valence-electron chi connectivity index (χ3n) is 6.42. The maximum Gasteiger partial charge on any atom is 0.343 e. The highest BCUT2D eigenvalue weighted by Gasteiger charge is 2.28. The van der Waals surface area contributed by atoms with Gasteiger partial charge in [0, 0.05) is 44.4 Å². The standard InChI is InChI=1S/C26H32N2O7/c1-18-6-8-19(9-7-18)34-17-24(30)27-11-10-21-25(26(31)32-2)22(15-23(29)28(21)13-12-27)35-16-20-5-3-4-14-33-20/h6-9,15,20H,3-5,10-14,16-17H2,1-2H3. The number of methoxy groups -OCH3 is 1. The number of hydrogen-bond acceptors (Lipinski definition) is 7. The lowest BCUT2D eigenvalue weighted by molar-refractivity contribution is -0.133. The normalized spacial score (nSPS) is 17.8. The van der Waals surface area contributed by atoms with Gasteiger partial charge in [-0.2, -0.15) is 0 Å². The fourth-order valence-electron chi connectivity index (χ4n) is 4.43. The number of carbonyl (C=O) groups is 2. The van der Waals surface area contributed by atoms with Crippen LogP contribution in [0.4, 0.5) is 0 Å². The summed E-state index contributed by atoms with van der Waals surface area (Å²) in [6, 6.07) is 8.81. The second-order valence-electron chi connectivity index (χ2n) is 8.84. The molecule has 0 N–H and O–H groups in total. The summed E-state index contributed by atoms with van der Waals surface area (Å²) in [5, 5.41) is 0. The molecule has 188 valence electrons. The van der Waals surface area contributed by atoms with Gasteiger partial charge in [0.2, 0.25) is 0 Å². The van der Waals surface area contributed by atoms with E-state index in [1.165, 1.54) is 17.7 Å². The van der Waals surface area contributed by atoms with Crippen LogP contribution in [-0.2, 0) is 27.2 Å². The smallest absolute Gasteiger partial charge is 0.343 e. The summed E-state index contributed by atoms with van der Waals surface area (Å²) in [5.41, 5.74) is 1.57. The fraction of sp³-hybridized carbons (Fsp3) is 0.500. The van der Waals surface area contributed by atoms with Crippen LogP contribution in [0.2, 0.25) is 0 Å². The van der Waals surface area contributed by atoms with Crippen LogP contribution < -0.4 is 15.0 Å². The number of aryl methyl sites for hydroxylation is 1. The van der Waals surface area contributed by atoms with E-state index in [2.05, 4.69) is 0 Å². The first-order valence-electron chi connectivity index (χ1n) is 12.0. The SMILES string of the molecule is COC(=O)c1c(OCC2CCCCO2)cc(=O)n2c1CCN(C(=O)COc1ccc(C)cc1)CC2. The molecule has 9 nitrogen and oxygen atoms in total. The fourth-order valence-corrected chi connectivity index (χ4v) is 4.43. The minimum atomic E-state index is -0.573. The van der Waals surface area contributed by atoms with Crippen molar-refractivity contribution in [1.29, 1.82) is 0 Å². The predicted octanol–water partition coefficient (Wildman–Crippen LogP) is 2.35. The van der Waals surface area contributed by atoms with Gasteiger partial charge in [-0.15, -0.1) is 0 Å². The molecule has 1 atom stereocenters. The number of ether oxygens (including phenoxy) is 4. The third-order valence-corrected chi connectivity index (χ3v) is 6.42. The summed E-state index contributed by atoms with van der Waals surface area (Å²) >= 11 is 0. The summed E-state index contributed by atoms with van der Waals surface area (Å²) in [4.78, 5) is 40.1. The highest BCUT2D eigenvalue weighted by molar-refractivity contribution is 5.93. The summed E-state index contributed by atoms with van der Waals surface area (Å²) < 4.78 is 23.8. The van der Waals surface area contributed by atoms with E-state index in [4.69, 9.17) is 18.9 Å². The number of amides is 1. The molecule has 2 aromatic rings. The van der Waals surface area contributed by atoms with Gasteiger partial charge in [0.15, 0.2) is 6.61 Å². The first kappa shape index (κ1) is 24.8. The lowest BCUT2D eigenvalue weighted by Gasteiger charge is -2.24. The molecule has 2 aliphatic heterocycles. The van der Waals surface area contributed by atoms with Crippen LogP contribution >= 0.6 is 0 Å². The lowest BCUT2D eigenvalue weighted by Crippen LogP contribution is -2.37. The summed E-state index contributed by atoms with van der Waals surface area (Å²) in [7, 11) is 1.30. The quantitative estimate of drug-likeness (QED) is 0.557. The zero-order valence-corrected chi connectivity index (χ0v) is 20.3. The van der Waals surface area contributed by atoms with Gasteiger partial charge in [-0.1, -0.05) is 17.7 Å². The Hall–Kier alpha value is -3.33. The molecule has 4 rings (SSSR count). The maximum atomic E-state index is 12.9. The van der Waals surface area contributed by atoms with Gasteiger partial charge in [0.1, 0.15) is 23.7 Å². The molecule has 1 saturated heterocycles. The first-order chi connectivity index (χ1) is 17.0. The van der Waals surface area contributed by atoms with E-state index in [1.807, 2.05) is 31.2 Å². The van der Waals surface area contributed by atoms with Gasteiger partial charge in [-0.05, 0) is 38.3 Å². The highest BCUT2D eigenvalue weighted by Crippen LogP contribution is 2.25. The van der Waals surface area contributed by atoms with Crippen molar-refractivity contribution in [2.24, 2.45) is 0 Å². The third kappa shape index (κ3) is 6.03. The Morgan fingerprint density at radius 3 is 2.60 bits per heavy atom. The zero-order chi connectivity index (χ0) is 24.8. The van der Waals surface area contributed by atoms with Gasteiger partial charge < -0.3 is 28.4 Å². The van der Waals surface area contributed by atoms with Crippen LogP contribution in [0.1, 0.15) is 40.9 Å². The Morgan fingerprint density at radius 2 is 1.89 bits per heavy atom. The van der Waals surface area contributed by atoms with Crippen molar-refractivity contribution in [2.45, 2.75) is 45.3 Å². The maximum absolute atomic E-state index is 12.9. The molecule has 1 aromatic carbocycles. The van der Waals surface area contributed by atoms with E-state index in [9.17, 15) is 14.4 Å². The van der Waals surface area contributed by atoms with Gasteiger partial charge >= 0.3 is 5.97 Å². The molecule has 2 aliphatic rings. The van der Waals surface area contributed by atoms with Crippen molar-refractivity contribution in [2.75, 3.05) is 40.0 Å². The van der Waals surface area contributed by atoms with Crippen LogP contribution in [0.5, 0.6) is 11.5 Å². The molecule has 1 unspecified atom stereocenters. The molecule has 35 heavy (non-hydrogen) atoms. The molecule has 1 amide bonds. The van der Waals surface area contributed by atoms with Crippen LogP contribution in [0.15, 0.2) is 35.1 Å². The van der Waals surface area contributed by atoms with Crippen LogP contribution in [0, 0.1) is 6.92 Å². The number of benzene rings is 1. The van der Waals surface area contributed by atoms with Crippen molar-refractivity contribution in [3.63, 3.8) is 0 Å². The number of hydrogen-bond donors (Lipinski definition) is 0. The van der Waals surface area contributed by atoms with Gasteiger partial charge in [0.25, 0.3) is 11.5 Å². The van der Waals surface area contributed by atoms with E-state index in [0.717, 1.165) is 24.8 Å². The molecule has 0 saturated carbocycles. The molecule has 1 aromatic heterocycles. The summed E-state index contributed by atoms with van der Waals surface area (Å²) in [5.74, 6) is 0.0625. The Labute approximate surface area is 204 Å². The number of carbonyl (C=O) groups excluding carboxylic acids is 2. The van der Waals surface area contributed by atoms with E-state index in [0.29, 0.717) is 37.6 Å². The predicted molar refractivity (Wildman–Crippen MR) is 128 cm³/mol. The van der Waals surface area contributed by atoms with Crippen LogP contribution in [-0.4, -0.2) is 67.5 Å². The number of aromatic nitrogens is 1. The second kappa shape index (κ2) is 11.4. The monoisotopic (exact) mass is 484 g/mol. The molecule has 0 bridgehead atoms. The Bertz CT molecular complexity index is 1100. The second-order valence-corrected chi connectivity index (χ2v) is 8.84. The lowest BCUT2D eigenvalue weighted by atomic mass is 10.1. The van der Waals surface area contributed by atoms with Crippen molar-refractivity contribution in [3.8, 4) is 11.5 Å². The first-order valence-corrected chi connectivity index (χ1v) is 12.0. The largest absolute Gasteiger partial charge is 0.490 e. The Kier molecular flexibility index (Phi) is 8.07. The molecule has 3 heterocycles. The van der Waals surface area contributed by atoms with Gasteiger partial charge in [-0.25, -0.2) is 4.79 Å². The van der Waals surface area contributed by atoms with E-state index >= 15 is 0 Å². The van der Waals surface area contributed by atoms with E-state index in [-0.39, 0.29) is 48.6 Å². The Balaban J connectivity index is 1.48. The minimum Gasteiger partial charge on any atom is -0.490 e. The van der Waals surface area contributed by atoms with Crippen molar-refractivity contribution < 1.29 is 28.5 Å². The molecule has 0 radical (unpaired) electrons. The zero-order valence-electron chi connectivity index (χ0n) is 20.3.